The number of benzene rings is 2. The van der Waals surface area contributed by atoms with E-state index >= 15 is 0 Å². The Bertz CT molecular complexity index is 1200. The van der Waals surface area contributed by atoms with E-state index in [9.17, 15) is 4.79 Å². The smallest absolute Gasteiger partial charge is 0.260 e. The fourth-order valence-electron chi connectivity index (χ4n) is 6.66. The van der Waals surface area contributed by atoms with E-state index in [4.69, 9.17) is 16.3 Å². The number of carbonyl (C=O) groups excluding carboxylic acids is 1. The van der Waals surface area contributed by atoms with E-state index in [1.165, 1.54) is 49.7 Å². The highest BCUT2D eigenvalue weighted by Gasteiger charge is 2.35. The van der Waals surface area contributed by atoms with Gasteiger partial charge in [-0.3, -0.25) is 4.79 Å². The Balaban J connectivity index is 1.49. The van der Waals surface area contributed by atoms with Crippen LogP contribution in [0.3, 0.4) is 0 Å². The molecular formula is C33H45ClN2O2S. The van der Waals surface area contributed by atoms with Crippen molar-refractivity contribution in [2.45, 2.75) is 83.3 Å². The Morgan fingerprint density at radius 3 is 2.62 bits per heavy atom. The molecule has 2 heterocycles. The van der Waals surface area contributed by atoms with Gasteiger partial charge < -0.3 is 14.4 Å². The van der Waals surface area contributed by atoms with E-state index in [-0.39, 0.29) is 11.8 Å². The van der Waals surface area contributed by atoms with Crippen LogP contribution in [-0.2, 0) is 6.42 Å². The average Bonchev–Trinajstić information content (AvgIpc) is 3.09. The molecule has 5 rings (SSSR count). The lowest BCUT2D eigenvalue weighted by Crippen LogP contribution is -2.40. The zero-order valence-electron chi connectivity index (χ0n) is 23.9. The van der Waals surface area contributed by atoms with Crippen molar-refractivity contribution in [3.63, 3.8) is 0 Å². The minimum Gasteiger partial charge on any atom is -0.491 e. The number of ether oxygens (including phenoxy) is 1. The topological polar surface area (TPSA) is 41.6 Å². The lowest BCUT2D eigenvalue weighted by atomic mass is 9.70. The number of anilines is 1. The van der Waals surface area contributed by atoms with Crippen molar-refractivity contribution >= 4 is 39.7 Å². The van der Waals surface area contributed by atoms with Crippen LogP contribution in [0.2, 0.25) is 5.02 Å². The summed E-state index contributed by atoms with van der Waals surface area (Å²) in [5.74, 6) is 7.49. The standard InChI is InChI=1S/C33H45ClN2O2S/c1-5-8-25-17-29(34)14-15-30(25)28-20-36-19-27-12-11-24(27)10-7-6-9-22(2)23(3)39(4)35-33(37)26-13-16-32(38-21-28)31(36)18-26/h13-18,22-24,27-28H,4-12,19-21H2,1-3H3,(H,35,37). The molecule has 2 aliphatic heterocycles. The fourth-order valence-corrected chi connectivity index (χ4v) is 8.09. The minimum absolute atomic E-state index is 0.0347. The van der Waals surface area contributed by atoms with Crippen LogP contribution in [0, 0.1) is 17.8 Å². The summed E-state index contributed by atoms with van der Waals surface area (Å²) >= 11 is 6.41. The molecule has 1 aliphatic carbocycles. The number of carbonyl (C=O) groups is 1. The second-order valence-corrected chi connectivity index (χ2v) is 14.4. The molecule has 2 aromatic rings. The van der Waals surface area contributed by atoms with Crippen molar-refractivity contribution < 1.29 is 9.53 Å². The Hall–Kier alpha value is -1.98. The van der Waals surface area contributed by atoms with Crippen molar-refractivity contribution in [2.24, 2.45) is 17.8 Å². The normalized spacial score (nSPS) is 29.8. The molecule has 3 aliphatic rings. The SMILES string of the molecule is C=S1NC(=O)c2ccc3c(c2)N(CC(c2ccc(Cl)cc2CCC)CO3)CC2CCC2CCCCC(C)C1C. The second kappa shape index (κ2) is 12.7. The summed E-state index contributed by atoms with van der Waals surface area (Å²) in [7, 11) is -0.427. The summed E-state index contributed by atoms with van der Waals surface area (Å²) in [4.78, 5) is 15.9. The monoisotopic (exact) mass is 568 g/mol. The van der Waals surface area contributed by atoms with Gasteiger partial charge in [-0.15, -0.1) is 0 Å². The molecule has 6 atom stereocenters. The molecule has 6 heteroatoms. The fraction of sp³-hybridized carbons (Fsp3) is 0.576. The van der Waals surface area contributed by atoms with E-state index in [1.54, 1.807) is 0 Å². The summed E-state index contributed by atoms with van der Waals surface area (Å²) in [5.41, 5.74) is 4.41. The number of fused-ring (bicyclic) bond motifs is 2. The molecule has 0 radical (unpaired) electrons. The Morgan fingerprint density at radius 2 is 1.85 bits per heavy atom. The Labute approximate surface area is 242 Å². The molecule has 1 saturated carbocycles. The predicted octanol–water partition coefficient (Wildman–Crippen LogP) is 8.25. The van der Waals surface area contributed by atoms with Gasteiger partial charge in [0.15, 0.2) is 0 Å². The van der Waals surface area contributed by atoms with Gasteiger partial charge in [-0.1, -0.05) is 80.7 Å². The number of amides is 1. The summed E-state index contributed by atoms with van der Waals surface area (Å²) in [6.45, 7) is 9.30. The lowest BCUT2D eigenvalue weighted by molar-refractivity contribution is 0.0984. The van der Waals surface area contributed by atoms with Crippen LogP contribution in [-0.4, -0.2) is 36.7 Å². The van der Waals surface area contributed by atoms with E-state index in [0.717, 1.165) is 48.3 Å². The number of aryl methyl sites for hydroxylation is 1. The van der Waals surface area contributed by atoms with Gasteiger partial charge in [0.05, 0.1) is 12.3 Å². The Morgan fingerprint density at radius 1 is 1.05 bits per heavy atom. The van der Waals surface area contributed by atoms with Gasteiger partial charge >= 0.3 is 0 Å². The first-order valence-electron chi connectivity index (χ1n) is 15.0. The van der Waals surface area contributed by atoms with Crippen LogP contribution in [0.1, 0.15) is 93.1 Å². The summed E-state index contributed by atoms with van der Waals surface area (Å²) in [5, 5.41) is 1.16. The summed E-state index contributed by atoms with van der Waals surface area (Å²) < 4.78 is 9.73. The first-order chi connectivity index (χ1) is 18.8. The number of halogens is 1. The van der Waals surface area contributed by atoms with Gasteiger partial charge in [-0.05, 0) is 84.9 Å². The third kappa shape index (κ3) is 6.51. The van der Waals surface area contributed by atoms with Gasteiger partial charge in [0.2, 0.25) is 0 Å². The molecule has 1 fully saturated rings. The molecule has 1 amide bonds. The van der Waals surface area contributed by atoms with Gasteiger partial charge in [0.25, 0.3) is 5.91 Å². The van der Waals surface area contributed by atoms with Crippen LogP contribution in [0.25, 0.3) is 0 Å². The van der Waals surface area contributed by atoms with Crippen LogP contribution < -0.4 is 14.4 Å². The first-order valence-corrected chi connectivity index (χ1v) is 16.8. The molecule has 0 spiro atoms. The number of nitrogens with one attached hydrogen (secondary N) is 1. The van der Waals surface area contributed by atoms with E-state index < -0.39 is 10.7 Å². The molecule has 1 N–H and O–H groups in total. The molecule has 0 saturated heterocycles. The zero-order valence-corrected chi connectivity index (χ0v) is 25.5. The maximum Gasteiger partial charge on any atom is 0.260 e. The second-order valence-electron chi connectivity index (χ2n) is 12.1. The van der Waals surface area contributed by atoms with Crippen molar-refractivity contribution in [1.29, 1.82) is 0 Å². The number of nitrogens with zero attached hydrogens (tertiary/aromatic N) is 1. The lowest BCUT2D eigenvalue weighted by Gasteiger charge is -2.41. The van der Waals surface area contributed by atoms with Gasteiger partial charge in [-0.2, -0.15) is 0 Å². The number of hydrogen-bond acceptors (Lipinski definition) is 3. The quantitative estimate of drug-likeness (QED) is 0.379. The van der Waals surface area contributed by atoms with Gasteiger partial charge in [-0.25, -0.2) is 0 Å². The first kappa shape index (κ1) is 28.5. The van der Waals surface area contributed by atoms with Crippen molar-refractivity contribution in [1.82, 2.24) is 4.72 Å². The average molecular weight is 569 g/mol. The van der Waals surface area contributed by atoms with Crippen LogP contribution in [0.15, 0.2) is 36.4 Å². The molecule has 39 heavy (non-hydrogen) atoms. The summed E-state index contributed by atoms with van der Waals surface area (Å²) in [6.07, 6.45) is 9.83. The maximum absolute atomic E-state index is 13.4. The van der Waals surface area contributed by atoms with E-state index in [0.29, 0.717) is 29.3 Å². The molecule has 2 bridgehead atoms. The highest BCUT2D eigenvalue weighted by atomic mass is 35.5. The zero-order chi connectivity index (χ0) is 27.5. The highest BCUT2D eigenvalue weighted by Crippen LogP contribution is 2.43. The highest BCUT2D eigenvalue weighted by molar-refractivity contribution is 8.13. The summed E-state index contributed by atoms with van der Waals surface area (Å²) in [6, 6.07) is 12.3. The van der Waals surface area contributed by atoms with Gasteiger partial charge in [0.1, 0.15) is 5.75 Å². The van der Waals surface area contributed by atoms with Crippen LogP contribution in [0.5, 0.6) is 5.75 Å². The predicted molar refractivity (Wildman–Crippen MR) is 168 cm³/mol. The van der Waals surface area contributed by atoms with E-state index in [1.807, 2.05) is 18.2 Å². The number of hydrogen-bond donors (Lipinski definition) is 1. The van der Waals surface area contributed by atoms with Crippen LogP contribution >= 0.6 is 22.3 Å². The molecule has 0 aromatic heterocycles. The van der Waals surface area contributed by atoms with Crippen molar-refractivity contribution in [2.75, 3.05) is 24.6 Å². The largest absolute Gasteiger partial charge is 0.491 e. The Kier molecular flexibility index (Phi) is 9.28. The number of rotatable bonds is 3. The molecule has 2 aromatic carbocycles. The van der Waals surface area contributed by atoms with E-state index in [2.05, 4.69) is 54.5 Å². The third-order valence-corrected chi connectivity index (χ3v) is 11.5. The van der Waals surface area contributed by atoms with Gasteiger partial charge in [0, 0.05) is 34.8 Å². The molecule has 4 nitrogen and oxygen atoms in total. The third-order valence-electron chi connectivity index (χ3n) is 9.49. The minimum atomic E-state index is -0.427. The van der Waals surface area contributed by atoms with Crippen molar-refractivity contribution in [3.8, 4) is 5.75 Å². The molecular weight excluding hydrogens is 524 g/mol. The maximum atomic E-state index is 13.4. The van der Waals surface area contributed by atoms with Crippen molar-refractivity contribution in [3.05, 3.63) is 58.1 Å². The molecule has 6 unspecified atom stereocenters. The molecule has 212 valence electrons. The van der Waals surface area contributed by atoms with Crippen LogP contribution in [0.4, 0.5) is 5.69 Å².